The molecule has 15 heavy (non-hydrogen) atoms. The smallest absolute Gasteiger partial charge is 0.310 e. The summed E-state index contributed by atoms with van der Waals surface area (Å²) in [5.74, 6) is 1.95. The van der Waals surface area contributed by atoms with Crippen molar-refractivity contribution in [3.05, 3.63) is 0 Å². The largest absolute Gasteiger partial charge is 0.460 e. The van der Waals surface area contributed by atoms with Gasteiger partial charge < -0.3 is 9.84 Å². The third kappa shape index (κ3) is 4.03. The van der Waals surface area contributed by atoms with Gasteiger partial charge >= 0.3 is 5.97 Å². The molecule has 1 aliphatic heterocycles. The topological polar surface area (TPSA) is 46.5 Å². The van der Waals surface area contributed by atoms with Gasteiger partial charge in [-0.25, -0.2) is 0 Å². The predicted octanol–water partition coefficient (Wildman–Crippen LogP) is 1.69. The first kappa shape index (κ1) is 12.8. The normalized spacial score (nSPS) is 26.7. The average Bonchev–Trinajstić information content (AvgIpc) is 2.49. The van der Waals surface area contributed by atoms with Gasteiger partial charge in [0.15, 0.2) is 0 Å². The Balaban J connectivity index is 2.51. The molecule has 1 saturated heterocycles. The van der Waals surface area contributed by atoms with E-state index in [1.165, 1.54) is 0 Å². The molecule has 88 valence electrons. The van der Waals surface area contributed by atoms with Crippen LogP contribution in [-0.2, 0) is 9.53 Å². The summed E-state index contributed by atoms with van der Waals surface area (Å²) in [6, 6.07) is 0. The highest BCUT2D eigenvalue weighted by Gasteiger charge is 2.35. The first-order valence-electron chi connectivity index (χ1n) is 5.35. The molecule has 0 aromatic carbocycles. The Hall–Kier alpha value is -0.220. The van der Waals surface area contributed by atoms with Crippen molar-refractivity contribution < 1.29 is 14.6 Å². The van der Waals surface area contributed by atoms with Gasteiger partial charge in [0.25, 0.3) is 0 Å². The van der Waals surface area contributed by atoms with E-state index in [9.17, 15) is 4.79 Å². The van der Waals surface area contributed by atoms with Crippen LogP contribution in [0, 0.1) is 11.8 Å². The zero-order valence-electron chi connectivity index (χ0n) is 9.66. The van der Waals surface area contributed by atoms with Gasteiger partial charge in [-0.1, -0.05) is 0 Å². The molecule has 2 unspecified atom stereocenters. The number of ether oxygens (including phenoxy) is 1. The van der Waals surface area contributed by atoms with Gasteiger partial charge in [-0.05, 0) is 38.9 Å². The Bertz CT molecular complexity index is 222. The summed E-state index contributed by atoms with van der Waals surface area (Å²) in [5.41, 5.74) is -0.409. The highest BCUT2D eigenvalue weighted by molar-refractivity contribution is 7.99. The molecule has 4 heteroatoms. The Kier molecular flexibility index (Phi) is 4.46. The monoisotopic (exact) mass is 232 g/mol. The van der Waals surface area contributed by atoms with E-state index in [0.29, 0.717) is 6.42 Å². The van der Waals surface area contributed by atoms with Crippen LogP contribution in [0.5, 0.6) is 0 Å². The number of carbonyl (C=O) groups excluding carboxylic acids is 1. The summed E-state index contributed by atoms with van der Waals surface area (Å²) in [4.78, 5) is 11.8. The van der Waals surface area contributed by atoms with Crippen molar-refractivity contribution in [3.8, 4) is 0 Å². The molecule has 0 amide bonds. The van der Waals surface area contributed by atoms with E-state index in [2.05, 4.69) is 0 Å². The van der Waals surface area contributed by atoms with Gasteiger partial charge in [0, 0.05) is 12.4 Å². The van der Waals surface area contributed by atoms with Gasteiger partial charge in [0.05, 0.1) is 5.92 Å². The number of hydrogen-bond donors (Lipinski definition) is 1. The molecular weight excluding hydrogens is 212 g/mol. The van der Waals surface area contributed by atoms with E-state index in [1.54, 1.807) is 11.8 Å². The summed E-state index contributed by atoms with van der Waals surface area (Å²) >= 11 is 1.77. The zero-order chi connectivity index (χ0) is 11.5. The van der Waals surface area contributed by atoms with E-state index in [0.717, 1.165) is 11.5 Å². The molecule has 0 spiro atoms. The van der Waals surface area contributed by atoms with Crippen LogP contribution < -0.4 is 0 Å². The lowest BCUT2D eigenvalue weighted by Crippen LogP contribution is -2.32. The minimum atomic E-state index is -0.409. The Labute approximate surface area is 95.6 Å². The van der Waals surface area contributed by atoms with E-state index in [-0.39, 0.29) is 24.4 Å². The quantitative estimate of drug-likeness (QED) is 0.752. The third-order valence-corrected chi connectivity index (χ3v) is 3.67. The van der Waals surface area contributed by atoms with Gasteiger partial charge in [-0.15, -0.1) is 0 Å². The first-order chi connectivity index (χ1) is 6.94. The number of esters is 1. The van der Waals surface area contributed by atoms with Crippen molar-refractivity contribution in [2.75, 3.05) is 18.1 Å². The number of hydrogen-bond acceptors (Lipinski definition) is 4. The SMILES string of the molecule is CC(C)(C)OC(=O)C1CSCC1CCO. The Morgan fingerprint density at radius 2 is 2.13 bits per heavy atom. The number of carbonyl (C=O) groups is 1. The number of aliphatic hydroxyl groups excluding tert-OH is 1. The van der Waals surface area contributed by atoms with Crippen molar-refractivity contribution in [1.29, 1.82) is 0 Å². The molecular formula is C11H20O3S. The van der Waals surface area contributed by atoms with E-state index in [1.807, 2.05) is 20.8 Å². The van der Waals surface area contributed by atoms with Crippen molar-refractivity contribution in [3.63, 3.8) is 0 Å². The van der Waals surface area contributed by atoms with E-state index in [4.69, 9.17) is 9.84 Å². The maximum atomic E-state index is 11.8. The van der Waals surface area contributed by atoms with Crippen LogP contribution in [0.1, 0.15) is 27.2 Å². The second kappa shape index (κ2) is 5.21. The lowest BCUT2D eigenvalue weighted by Gasteiger charge is -2.24. The number of rotatable bonds is 3. The van der Waals surface area contributed by atoms with Crippen LogP contribution in [0.2, 0.25) is 0 Å². The summed E-state index contributed by atoms with van der Waals surface area (Å²) in [6.07, 6.45) is 0.705. The fourth-order valence-corrected chi connectivity index (χ4v) is 3.19. The molecule has 0 aromatic heterocycles. The van der Waals surface area contributed by atoms with Crippen LogP contribution in [0.3, 0.4) is 0 Å². The number of thioether (sulfide) groups is 1. The third-order valence-electron chi connectivity index (χ3n) is 2.41. The van der Waals surface area contributed by atoms with Gasteiger partial charge in [0.2, 0.25) is 0 Å². The minimum Gasteiger partial charge on any atom is -0.460 e. The molecule has 0 aliphatic carbocycles. The maximum Gasteiger partial charge on any atom is 0.310 e. The van der Waals surface area contributed by atoms with Crippen molar-refractivity contribution in [2.24, 2.45) is 11.8 Å². The van der Waals surface area contributed by atoms with Crippen LogP contribution in [0.15, 0.2) is 0 Å². The Morgan fingerprint density at radius 1 is 1.47 bits per heavy atom. The van der Waals surface area contributed by atoms with Crippen LogP contribution in [-0.4, -0.2) is 34.8 Å². The molecule has 3 nitrogen and oxygen atoms in total. The first-order valence-corrected chi connectivity index (χ1v) is 6.51. The standard InChI is InChI=1S/C11H20O3S/c1-11(2,3)14-10(13)9-7-15-6-8(9)4-5-12/h8-9,12H,4-7H2,1-3H3. The van der Waals surface area contributed by atoms with E-state index >= 15 is 0 Å². The minimum absolute atomic E-state index is 0.0265. The molecule has 2 atom stereocenters. The van der Waals surface area contributed by atoms with Gasteiger partial charge in [0.1, 0.15) is 5.60 Å². The fourth-order valence-electron chi connectivity index (χ4n) is 1.69. The van der Waals surface area contributed by atoms with Gasteiger partial charge in [-0.2, -0.15) is 11.8 Å². The highest BCUT2D eigenvalue weighted by atomic mass is 32.2. The molecule has 0 saturated carbocycles. The molecule has 1 fully saturated rings. The number of aliphatic hydroxyl groups is 1. The lowest BCUT2D eigenvalue weighted by molar-refractivity contribution is -0.160. The van der Waals surface area contributed by atoms with Crippen molar-refractivity contribution >= 4 is 17.7 Å². The second-order valence-electron chi connectivity index (χ2n) is 4.95. The zero-order valence-corrected chi connectivity index (χ0v) is 10.5. The summed E-state index contributed by atoms with van der Waals surface area (Å²) in [6.45, 7) is 5.81. The summed E-state index contributed by atoms with van der Waals surface area (Å²) < 4.78 is 5.36. The summed E-state index contributed by atoms with van der Waals surface area (Å²) in [7, 11) is 0. The van der Waals surface area contributed by atoms with E-state index < -0.39 is 5.60 Å². The van der Waals surface area contributed by atoms with Crippen LogP contribution >= 0.6 is 11.8 Å². The summed E-state index contributed by atoms with van der Waals surface area (Å²) in [5, 5.41) is 8.90. The van der Waals surface area contributed by atoms with Crippen molar-refractivity contribution in [1.82, 2.24) is 0 Å². The molecule has 0 radical (unpaired) electrons. The molecule has 1 N–H and O–H groups in total. The average molecular weight is 232 g/mol. The maximum absolute atomic E-state index is 11.8. The molecule has 0 bridgehead atoms. The Morgan fingerprint density at radius 3 is 2.67 bits per heavy atom. The van der Waals surface area contributed by atoms with Crippen molar-refractivity contribution in [2.45, 2.75) is 32.8 Å². The predicted molar refractivity (Wildman–Crippen MR) is 61.9 cm³/mol. The lowest BCUT2D eigenvalue weighted by atomic mass is 9.93. The van der Waals surface area contributed by atoms with Crippen LogP contribution in [0.4, 0.5) is 0 Å². The molecule has 0 aromatic rings. The fraction of sp³-hybridized carbons (Fsp3) is 0.909. The van der Waals surface area contributed by atoms with Crippen LogP contribution in [0.25, 0.3) is 0 Å². The van der Waals surface area contributed by atoms with Gasteiger partial charge in [-0.3, -0.25) is 4.79 Å². The molecule has 1 rings (SSSR count). The highest BCUT2D eigenvalue weighted by Crippen LogP contribution is 2.33. The molecule has 1 heterocycles. The molecule has 1 aliphatic rings. The second-order valence-corrected chi connectivity index (χ2v) is 6.02.